The van der Waals surface area contributed by atoms with Gasteiger partial charge in [0.2, 0.25) is 0 Å². The number of methoxy groups -OCH3 is 1. The van der Waals surface area contributed by atoms with Gasteiger partial charge in [-0.3, -0.25) is 9.89 Å². The molecular formula is C18H16FN3O2. The quantitative estimate of drug-likeness (QED) is 0.757. The third-order valence-corrected chi connectivity index (χ3v) is 3.57. The number of aromatic nitrogens is 2. The number of nitrogens with one attached hydrogen (secondary N) is 2. The van der Waals surface area contributed by atoms with Gasteiger partial charge in [0.1, 0.15) is 17.3 Å². The molecule has 0 aliphatic rings. The molecule has 0 unspecified atom stereocenters. The van der Waals surface area contributed by atoms with Gasteiger partial charge in [0.25, 0.3) is 5.91 Å². The number of H-pyrrole nitrogens is 1. The molecule has 2 aromatic carbocycles. The summed E-state index contributed by atoms with van der Waals surface area (Å²) in [6, 6.07) is 15.1. The van der Waals surface area contributed by atoms with E-state index in [0.29, 0.717) is 17.9 Å². The van der Waals surface area contributed by atoms with Crippen LogP contribution in [-0.4, -0.2) is 23.2 Å². The molecule has 5 nitrogen and oxygen atoms in total. The van der Waals surface area contributed by atoms with Crippen LogP contribution in [0.5, 0.6) is 5.75 Å². The van der Waals surface area contributed by atoms with Crippen LogP contribution in [0.4, 0.5) is 4.39 Å². The zero-order valence-corrected chi connectivity index (χ0v) is 13.0. The van der Waals surface area contributed by atoms with Crippen LogP contribution < -0.4 is 10.1 Å². The van der Waals surface area contributed by atoms with Gasteiger partial charge in [0.05, 0.1) is 12.8 Å². The van der Waals surface area contributed by atoms with E-state index in [1.54, 1.807) is 25.3 Å². The van der Waals surface area contributed by atoms with Crippen molar-refractivity contribution in [1.82, 2.24) is 15.5 Å². The molecule has 6 heteroatoms. The normalized spacial score (nSPS) is 10.4. The average molecular weight is 325 g/mol. The molecule has 1 heterocycles. The number of aromatic amines is 1. The van der Waals surface area contributed by atoms with Crippen LogP contribution in [0.1, 0.15) is 16.1 Å². The molecule has 0 aliphatic heterocycles. The second kappa shape index (κ2) is 6.95. The SMILES string of the molecule is COc1ccc(-c2cc(C(=O)NCc3ccc(F)cc3)[nH]n2)cc1. The smallest absolute Gasteiger partial charge is 0.269 e. The number of nitrogens with zero attached hydrogens (tertiary/aromatic N) is 1. The molecular weight excluding hydrogens is 309 g/mol. The second-order valence-electron chi connectivity index (χ2n) is 5.20. The molecule has 1 aromatic heterocycles. The highest BCUT2D eigenvalue weighted by Gasteiger charge is 2.11. The maximum Gasteiger partial charge on any atom is 0.269 e. The highest BCUT2D eigenvalue weighted by molar-refractivity contribution is 5.93. The van der Waals surface area contributed by atoms with Crippen LogP contribution in [0.3, 0.4) is 0 Å². The van der Waals surface area contributed by atoms with E-state index in [4.69, 9.17) is 4.74 Å². The van der Waals surface area contributed by atoms with Gasteiger partial charge in [-0.25, -0.2) is 4.39 Å². The van der Waals surface area contributed by atoms with E-state index in [1.807, 2.05) is 24.3 Å². The van der Waals surface area contributed by atoms with Crippen LogP contribution in [0, 0.1) is 5.82 Å². The highest BCUT2D eigenvalue weighted by atomic mass is 19.1. The summed E-state index contributed by atoms with van der Waals surface area (Å²) in [5.74, 6) is 0.181. The largest absolute Gasteiger partial charge is 0.497 e. The second-order valence-corrected chi connectivity index (χ2v) is 5.20. The molecule has 0 atom stereocenters. The lowest BCUT2D eigenvalue weighted by molar-refractivity contribution is 0.0946. The fourth-order valence-corrected chi connectivity index (χ4v) is 2.23. The Morgan fingerprint density at radius 2 is 1.88 bits per heavy atom. The number of carbonyl (C=O) groups is 1. The summed E-state index contributed by atoms with van der Waals surface area (Å²) in [4.78, 5) is 12.2. The molecule has 0 saturated carbocycles. The minimum atomic E-state index is -0.303. The molecule has 3 rings (SSSR count). The van der Waals surface area contributed by atoms with Crippen molar-refractivity contribution in [2.45, 2.75) is 6.54 Å². The fourth-order valence-electron chi connectivity index (χ4n) is 2.23. The van der Waals surface area contributed by atoms with Gasteiger partial charge in [-0.15, -0.1) is 0 Å². The van der Waals surface area contributed by atoms with E-state index in [2.05, 4.69) is 15.5 Å². The van der Waals surface area contributed by atoms with Crippen LogP contribution in [0.15, 0.2) is 54.6 Å². The first kappa shape index (κ1) is 15.7. The lowest BCUT2D eigenvalue weighted by Gasteiger charge is -2.03. The molecule has 3 aromatic rings. The van der Waals surface area contributed by atoms with Gasteiger partial charge in [-0.1, -0.05) is 12.1 Å². The van der Waals surface area contributed by atoms with Crippen LogP contribution in [0.2, 0.25) is 0 Å². The van der Waals surface area contributed by atoms with Gasteiger partial charge in [0.15, 0.2) is 0 Å². The minimum absolute atomic E-state index is 0.272. The first-order valence-corrected chi connectivity index (χ1v) is 7.38. The van der Waals surface area contributed by atoms with Crippen molar-refractivity contribution in [3.8, 4) is 17.0 Å². The van der Waals surface area contributed by atoms with E-state index in [9.17, 15) is 9.18 Å². The van der Waals surface area contributed by atoms with E-state index in [0.717, 1.165) is 16.9 Å². The van der Waals surface area contributed by atoms with Crippen LogP contribution in [0.25, 0.3) is 11.3 Å². The third kappa shape index (κ3) is 3.60. The topological polar surface area (TPSA) is 67.0 Å². The number of carbonyl (C=O) groups excluding carboxylic acids is 1. The summed E-state index contributed by atoms with van der Waals surface area (Å²) in [6.07, 6.45) is 0. The van der Waals surface area contributed by atoms with Gasteiger partial charge in [0, 0.05) is 12.1 Å². The monoisotopic (exact) mass is 325 g/mol. The standard InChI is InChI=1S/C18H16FN3O2/c1-24-15-8-4-13(5-9-15)16-10-17(22-21-16)18(23)20-11-12-2-6-14(19)7-3-12/h2-10H,11H2,1H3,(H,20,23)(H,21,22). The predicted octanol–water partition coefficient (Wildman–Crippen LogP) is 3.15. The summed E-state index contributed by atoms with van der Waals surface area (Å²) in [5.41, 5.74) is 2.73. The predicted molar refractivity (Wildman–Crippen MR) is 88.1 cm³/mol. The number of benzene rings is 2. The Hall–Kier alpha value is -3.15. The lowest BCUT2D eigenvalue weighted by Crippen LogP contribution is -2.23. The zero-order valence-electron chi connectivity index (χ0n) is 13.0. The molecule has 0 fully saturated rings. The average Bonchev–Trinajstić information content (AvgIpc) is 3.11. The van der Waals surface area contributed by atoms with Gasteiger partial charge in [-0.05, 0) is 48.0 Å². The molecule has 0 spiro atoms. The Morgan fingerprint density at radius 1 is 1.17 bits per heavy atom. The molecule has 24 heavy (non-hydrogen) atoms. The van der Waals surface area contributed by atoms with Crippen LogP contribution >= 0.6 is 0 Å². The summed E-state index contributed by atoms with van der Waals surface area (Å²) in [7, 11) is 1.60. The van der Waals surface area contributed by atoms with E-state index in [1.165, 1.54) is 12.1 Å². The summed E-state index contributed by atoms with van der Waals surface area (Å²) < 4.78 is 18.0. The molecule has 0 radical (unpaired) electrons. The van der Waals surface area contributed by atoms with Crippen molar-refractivity contribution in [3.63, 3.8) is 0 Å². The minimum Gasteiger partial charge on any atom is -0.497 e. The molecule has 0 aliphatic carbocycles. The van der Waals surface area contributed by atoms with Gasteiger partial charge >= 0.3 is 0 Å². The number of halogens is 1. The first-order chi connectivity index (χ1) is 11.7. The van der Waals surface area contributed by atoms with E-state index >= 15 is 0 Å². The maximum atomic E-state index is 12.9. The number of ether oxygens (including phenoxy) is 1. The van der Waals surface area contributed by atoms with Gasteiger partial charge in [-0.2, -0.15) is 5.10 Å². The first-order valence-electron chi connectivity index (χ1n) is 7.38. The Kier molecular flexibility index (Phi) is 4.56. The fraction of sp³-hybridized carbons (Fsp3) is 0.111. The molecule has 1 amide bonds. The van der Waals surface area contributed by atoms with Crippen molar-refractivity contribution in [3.05, 3.63) is 71.7 Å². The zero-order chi connectivity index (χ0) is 16.9. The number of hydrogen-bond donors (Lipinski definition) is 2. The lowest BCUT2D eigenvalue weighted by atomic mass is 10.1. The van der Waals surface area contributed by atoms with Crippen molar-refractivity contribution in [2.75, 3.05) is 7.11 Å². The van der Waals surface area contributed by atoms with Crippen molar-refractivity contribution >= 4 is 5.91 Å². The van der Waals surface area contributed by atoms with Crippen molar-refractivity contribution in [2.24, 2.45) is 0 Å². The number of hydrogen-bond acceptors (Lipinski definition) is 3. The van der Waals surface area contributed by atoms with E-state index < -0.39 is 0 Å². The van der Waals surface area contributed by atoms with E-state index in [-0.39, 0.29) is 11.7 Å². The Labute approximate surface area is 138 Å². The molecule has 0 bridgehead atoms. The number of amides is 1. The Balaban J connectivity index is 1.65. The molecule has 122 valence electrons. The number of rotatable bonds is 5. The van der Waals surface area contributed by atoms with Crippen molar-refractivity contribution in [1.29, 1.82) is 0 Å². The van der Waals surface area contributed by atoms with Crippen LogP contribution in [-0.2, 0) is 6.54 Å². The Bertz CT molecular complexity index is 826. The summed E-state index contributed by atoms with van der Waals surface area (Å²) >= 11 is 0. The Morgan fingerprint density at radius 3 is 2.54 bits per heavy atom. The third-order valence-electron chi connectivity index (χ3n) is 3.57. The summed E-state index contributed by atoms with van der Waals surface area (Å²) in [5, 5.41) is 9.64. The van der Waals surface area contributed by atoms with Crippen molar-refractivity contribution < 1.29 is 13.9 Å². The molecule has 2 N–H and O–H groups in total. The van der Waals surface area contributed by atoms with Gasteiger partial charge < -0.3 is 10.1 Å². The summed E-state index contributed by atoms with van der Waals surface area (Å²) in [6.45, 7) is 0.315. The molecule has 0 saturated heterocycles. The highest BCUT2D eigenvalue weighted by Crippen LogP contribution is 2.21. The maximum absolute atomic E-state index is 12.9.